The molecule has 0 saturated heterocycles. The lowest BCUT2D eigenvalue weighted by molar-refractivity contribution is -0.147. The molecule has 12 N–H and O–H groups in total. The van der Waals surface area contributed by atoms with Gasteiger partial charge in [0, 0.05) is 6.54 Å². The fourth-order valence-electron chi connectivity index (χ4n) is 2.04. The van der Waals surface area contributed by atoms with E-state index in [0.29, 0.717) is 6.42 Å². The SMILES string of the molecule is NC(N)=NCCCC(N)C(=O)NCC(=O)NC(CO)C(=O)NC(CC(=O)O)C(=O)O. The average molecular weight is 433 g/mol. The van der Waals surface area contributed by atoms with E-state index in [4.69, 9.17) is 27.4 Å². The molecule has 0 aromatic heterocycles. The summed E-state index contributed by atoms with van der Waals surface area (Å²) in [4.78, 5) is 61.0. The van der Waals surface area contributed by atoms with Crippen molar-refractivity contribution in [2.45, 2.75) is 37.4 Å². The van der Waals surface area contributed by atoms with Crippen molar-refractivity contribution in [1.29, 1.82) is 0 Å². The molecule has 3 amide bonds. The minimum Gasteiger partial charge on any atom is -0.481 e. The summed E-state index contributed by atoms with van der Waals surface area (Å²) in [6, 6.07) is -4.24. The Kier molecular flexibility index (Phi) is 12.1. The number of nitrogens with two attached hydrogens (primary N) is 3. The lowest BCUT2D eigenvalue weighted by atomic mass is 10.1. The van der Waals surface area contributed by atoms with Gasteiger partial charge in [-0.15, -0.1) is 0 Å². The normalized spacial score (nSPS) is 13.3. The van der Waals surface area contributed by atoms with E-state index in [2.05, 4.69) is 15.6 Å². The summed E-state index contributed by atoms with van der Waals surface area (Å²) < 4.78 is 0. The Balaban J connectivity index is 4.52. The fraction of sp³-hybridized carbons (Fsp3) is 0.600. The first-order chi connectivity index (χ1) is 14.0. The first-order valence-corrected chi connectivity index (χ1v) is 8.71. The monoisotopic (exact) mass is 433 g/mol. The van der Waals surface area contributed by atoms with Gasteiger partial charge >= 0.3 is 11.9 Å². The van der Waals surface area contributed by atoms with Crippen molar-refractivity contribution in [2.75, 3.05) is 19.7 Å². The number of carboxylic acids is 2. The number of carbonyl (C=O) groups excluding carboxylic acids is 3. The summed E-state index contributed by atoms with van der Waals surface area (Å²) in [6.45, 7) is -1.19. The number of aliphatic hydroxyl groups excluding tert-OH is 1. The van der Waals surface area contributed by atoms with Gasteiger partial charge in [0.15, 0.2) is 5.96 Å². The maximum atomic E-state index is 12.0. The predicted molar refractivity (Wildman–Crippen MR) is 102 cm³/mol. The Bertz CT molecular complexity index is 665. The molecule has 0 spiro atoms. The van der Waals surface area contributed by atoms with Crippen molar-refractivity contribution in [3.63, 3.8) is 0 Å². The summed E-state index contributed by atoms with van der Waals surface area (Å²) in [5.41, 5.74) is 16.0. The van der Waals surface area contributed by atoms with E-state index >= 15 is 0 Å². The number of aliphatic carboxylic acids is 2. The highest BCUT2D eigenvalue weighted by molar-refractivity contribution is 5.93. The van der Waals surface area contributed by atoms with Crippen LogP contribution in [0, 0.1) is 0 Å². The second-order valence-electron chi connectivity index (χ2n) is 6.07. The number of nitrogens with zero attached hydrogens (tertiary/aromatic N) is 1. The van der Waals surface area contributed by atoms with Crippen molar-refractivity contribution in [1.82, 2.24) is 16.0 Å². The number of aliphatic imine (C=N–C) groups is 1. The summed E-state index contributed by atoms with van der Waals surface area (Å²) >= 11 is 0. The third-order valence-corrected chi connectivity index (χ3v) is 3.56. The van der Waals surface area contributed by atoms with Crippen LogP contribution in [-0.4, -0.2) is 88.8 Å². The van der Waals surface area contributed by atoms with Crippen LogP contribution in [0.2, 0.25) is 0 Å². The molecule has 0 aromatic carbocycles. The first kappa shape index (κ1) is 26.5. The van der Waals surface area contributed by atoms with Gasteiger partial charge in [0.2, 0.25) is 17.7 Å². The van der Waals surface area contributed by atoms with E-state index in [-0.39, 0.29) is 18.9 Å². The smallest absolute Gasteiger partial charge is 0.326 e. The molecule has 0 aliphatic rings. The van der Waals surface area contributed by atoms with Crippen molar-refractivity contribution in [3.8, 4) is 0 Å². The number of carbonyl (C=O) groups is 5. The van der Waals surface area contributed by atoms with Gasteiger partial charge in [-0.2, -0.15) is 0 Å². The molecule has 0 heterocycles. The highest BCUT2D eigenvalue weighted by Gasteiger charge is 2.28. The minimum atomic E-state index is -1.75. The molecule has 3 unspecified atom stereocenters. The van der Waals surface area contributed by atoms with E-state index < -0.39 is 67.4 Å². The molecule has 0 radical (unpaired) electrons. The van der Waals surface area contributed by atoms with E-state index in [9.17, 15) is 29.1 Å². The molecule has 0 aliphatic carbocycles. The number of hydrogen-bond donors (Lipinski definition) is 9. The third kappa shape index (κ3) is 11.4. The van der Waals surface area contributed by atoms with Gasteiger partial charge in [-0.05, 0) is 12.8 Å². The molecular formula is C15H27N7O8. The van der Waals surface area contributed by atoms with Crippen LogP contribution in [0.1, 0.15) is 19.3 Å². The van der Waals surface area contributed by atoms with E-state index in [0.717, 1.165) is 0 Å². The topological polar surface area (TPSA) is 273 Å². The van der Waals surface area contributed by atoms with Gasteiger partial charge in [0.25, 0.3) is 0 Å². The van der Waals surface area contributed by atoms with Crippen LogP contribution in [0.3, 0.4) is 0 Å². The van der Waals surface area contributed by atoms with Crippen molar-refractivity contribution in [2.24, 2.45) is 22.2 Å². The Morgan fingerprint density at radius 3 is 2.10 bits per heavy atom. The van der Waals surface area contributed by atoms with Crippen LogP contribution >= 0.6 is 0 Å². The number of aliphatic hydroxyl groups is 1. The molecule has 0 bridgehead atoms. The quantitative estimate of drug-likeness (QED) is 0.0710. The van der Waals surface area contributed by atoms with Crippen molar-refractivity contribution in [3.05, 3.63) is 0 Å². The van der Waals surface area contributed by atoms with E-state index in [1.807, 2.05) is 5.32 Å². The van der Waals surface area contributed by atoms with Gasteiger partial charge < -0.3 is 48.5 Å². The number of rotatable bonds is 14. The van der Waals surface area contributed by atoms with Gasteiger partial charge in [0.05, 0.1) is 25.6 Å². The zero-order valence-electron chi connectivity index (χ0n) is 16.0. The Hall–Kier alpha value is -3.46. The van der Waals surface area contributed by atoms with Crippen molar-refractivity contribution < 1.29 is 39.3 Å². The van der Waals surface area contributed by atoms with E-state index in [1.54, 1.807) is 0 Å². The number of amides is 3. The minimum absolute atomic E-state index is 0.0928. The van der Waals surface area contributed by atoms with Gasteiger partial charge in [0.1, 0.15) is 12.1 Å². The molecule has 15 nitrogen and oxygen atoms in total. The molecule has 3 atom stereocenters. The van der Waals surface area contributed by atoms with E-state index in [1.165, 1.54) is 0 Å². The maximum Gasteiger partial charge on any atom is 0.326 e. The predicted octanol–water partition coefficient (Wildman–Crippen LogP) is -5.00. The third-order valence-electron chi connectivity index (χ3n) is 3.56. The molecule has 170 valence electrons. The maximum absolute atomic E-state index is 12.0. The molecule has 30 heavy (non-hydrogen) atoms. The van der Waals surface area contributed by atoms with Crippen LogP contribution in [0.25, 0.3) is 0 Å². The number of carboxylic acid groups (broad SMARTS) is 2. The molecule has 0 aliphatic heterocycles. The molecule has 15 heteroatoms. The van der Waals surface area contributed by atoms with Crippen LogP contribution in [0.15, 0.2) is 4.99 Å². The standard InChI is InChI=1S/C15H27N7O8/c16-7(2-1-3-19-15(17)18)12(27)20-5-10(24)21-9(6-23)13(28)22-8(14(29)30)4-11(25)26/h7-9,23H,1-6,16H2,(H,20,27)(H,21,24)(H,22,28)(H,25,26)(H,29,30)(H4,17,18,19). The summed E-state index contributed by atoms with van der Waals surface area (Å²) in [5.74, 6) is -5.78. The molecule has 0 saturated carbocycles. The second kappa shape index (κ2) is 13.7. The Labute approximate surface area is 171 Å². The van der Waals surface area contributed by atoms with Crippen LogP contribution in [-0.2, 0) is 24.0 Å². The zero-order chi connectivity index (χ0) is 23.3. The van der Waals surface area contributed by atoms with Crippen molar-refractivity contribution >= 4 is 35.6 Å². The average Bonchev–Trinajstić information content (AvgIpc) is 2.65. The highest BCUT2D eigenvalue weighted by Crippen LogP contribution is 1.96. The molecule has 0 fully saturated rings. The van der Waals surface area contributed by atoms with Crippen LogP contribution in [0.4, 0.5) is 0 Å². The fourth-order valence-corrected chi connectivity index (χ4v) is 2.04. The molecular weight excluding hydrogens is 406 g/mol. The van der Waals surface area contributed by atoms with Gasteiger partial charge in [-0.1, -0.05) is 0 Å². The van der Waals surface area contributed by atoms with Crippen LogP contribution in [0.5, 0.6) is 0 Å². The van der Waals surface area contributed by atoms with Gasteiger partial charge in [-0.25, -0.2) is 4.79 Å². The largest absolute Gasteiger partial charge is 0.481 e. The Morgan fingerprint density at radius 2 is 1.60 bits per heavy atom. The first-order valence-electron chi connectivity index (χ1n) is 8.71. The zero-order valence-corrected chi connectivity index (χ0v) is 16.0. The summed E-state index contributed by atoms with van der Waals surface area (Å²) in [7, 11) is 0. The van der Waals surface area contributed by atoms with Crippen LogP contribution < -0.4 is 33.2 Å². The second-order valence-corrected chi connectivity index (χ2v) is 6.07. The molecule has 0 rings (SSSR count). The molecule has 0 aromatic rings. The lowest BCUT2D eigenvalue weighted by Crippen LogP contribution is -2.55. The number of nitrogens with one attached hydrogen (secondary N) is 3. The van der Waals surface area contributed by atoms with Gasteiger partial charge in [-0.3, -0.25) is 24.2 Å². The lowest BCUT2D eigenvalue weighted by Gasteiger charge is -2.19. The summed E-state index contributed by atoms with van der Waals surface area (Å²) in [6.07, 6.45) is -0.233. The summed E-state index contributed by atoms with van der Waals surface area (Å²) in [5, 5.41) is 33.0. The Morgan fingerprint density at radius 1 is 0.967 bits per heavy atom. The number of hydrogen-bond acceptors (Lipinski definition) is 8. The number of guanidine groups is 1. The highest BCUT2D eigenvalue weighted by atomic mass is 16.4.